The zero-order valence-electron chi connectivity index (χ0n) is 9.06. The topological polar surface area (TPSA) is 54.4 Å². The molecule has 2 saturated carbocycles. The Morgan fingerprint density at radius 3 is 1.80 bits per heavy atom. The van der Waals surface area contributed by atoms with Crippen LogP contribution in [0, 0.1) is 0 Å². The lowest BCUT2D eigenvalue weighted by molar-refractivity contribution is 0.131. The maximum atomic E-state index is 12.2. The molecule has 2 aliphatic carbocycles. The summed E-state index contributed by atoms with van der Waals surface area (Å²) in [5, 5.41) is 9.13. The van der Waals surface area contributed by atoms with E-state index >= 15 is 0 Å². The summed E-state index contributed by atoms with van der Waals surface area (Å²) in [6.45, 7) is 0. The van der Waals surface area contributed by atoms with Crippen molar-refractivity contribution in [2.45, 2.75) is 68.0 Å². The molecule has 2 rings (SSSR count). The van der Waals surface area contributed by atoms with E-state index in [4.69, 9.17) is 0 Å². The minimum absolute atomic E-state index is 0.0715. The lowest BCUT2D eigenvalue weighted by atomic mass is 9.97. The molecule has 2 aliphatic rings. The molecule has 0 amide bonds. The van der Waals surface area contributed by atoms with Crippen molar-refractivity contribution in [2.75, 3.05) is 0 Å². The smallest absolute Gasteiger partial charge is 0.156 e. The van der Waals surface area contributed by atoms with Crippen LogP contribution in [0.5, 0.6) is 0 Å². The lowest BCUT2D eigenvalue weighted by Crippen LogP contribution is -2.34. The molecular formula is C11H20O3S. The number of hydrogen-bond acceptors (Lipinski definition) is 3. The summed E-state index contributed by atoms with van der Waals surface area (Å²) < 4.78 is 24.4. The molecule has 4 heteroatoms. The van der Waals surface area contributed by atoms with E-state index in [1.807, 2.05) is 0 Å². The van der Waals surface area contributed by atoms with E-state index in [9.17, 15) is 13.5 Å². The predicted molar refractivity (Wildman–Crippen MR) is 59.4 cm³/mol. The largest absolute Gasteiger partial charge is 0.393 e. The predicted octanol–water partition coefficient (Wildman–Crippen LogP) is 1.65. The Morgan fingerprint density at radius 1 is 0.800 bits per heavy atom. The van der Waals surface area contributed by atoms with Gasteiger partial charge in [0, 0.05) is 0 Å². The van der Waals surface area contributed by atoms with Crippen molar-refractivity contribution in [1.29, 1.82) is 0 Å². The molecule has 0 unspecified atom stereocenters. The van der Waals surface area contributed by atoms with Crippen LogP contribution in [0.1, 0.15) is 51.4 Å². The number of rotatable bonds is 2. The van der Waals surface area contributed by atoms with Crippen LogP contribution in [0.15, 0.2) is 0 Å². The van der Waals surface area contributed by atoms with Gasteiger partial charge in [-0.3, -0.25) is 0 Å². The van der Waals surface area contributed by atoms with E-state index in [1.165, 1.54) is 0 Å². The van der Waals surface area contributed by atoms with Gasteiger partial charge in [-0.15, -0.1) is 0 Å². The Balaban J connectivity index is 2.02. The maximum Gasteiger partial charge on any atom is 0.156 e. The molecule has 0 aromatic rings. The van der Waals surface area contributed by atoms with Gasteiger partial charge in [0.05, 0.1) is 16.6 Å². The van der Waals surface area contributed by atoms with Gasteiger partial charge in [0.2, 0.25) is 0 Å². The van der Waals surface area contributed by atoms with E-state index in [-0.39, 0.29) is 16.6 Å². The fraction of sp³-hybridized carbons (Fsp3) is 1.00. The third-order valence-corrected chi connectivity index (χ3v) is 6.68. The molecule has 0 aromatic heterocycles. The summed E-state index contributed by atoms with van der Waals surface area (Å²) in [4.78, 5) is 0. The normalized spacial score (nSPS) is 34.5. The molecule has 0 aliphatic heterocycles. The van der Waals surface area contributed by atoms with Crippen LogP contribution in [-0.4, -0.2) is 30.1 Å². The molecule has 0 radical (unpaired) electrons. The number of aliphatic hydroxyl groups excluding tert-OH is 1. The Kier molecular flexibility index (Phi) is 3.36. The van der Waals surface area contributed by atoms with Gasteiger partial charge in [-0.25, -0.2) is 8.42 Å². The first kappa shape index (κ1) is 11.4. The first-order valence-electron chi connectivity index (χ1n) is 6.01. The zero-order chi connectivity index (χ0) is 10.9. The Labute approximate surface area is 91.8 Å². The highest BCUT2D eigenvalue weighted by atomic mass is 32.2. The quantitative estimate of drug-likeness (QED) is 0.787. The second-order valence-corrected chi connectivity index (χ2v) is 7.44. The van der Waals surface area contributed by atoms with Crippen LogP contribution in [-0.2, 0) is 9.84 Å². The first-order valence-corrected chi connectivity index (χ1v) is 7.62. The molecule has 15 heavy (non-hydrogen) atoms. The number of sulfone groups is 1. The molecule has 0 saturated heterocycles. The molecule has 88 valence electrons. The standard InChI is InChI=1S/C11H20O3S/c12-9-5-7-11(8-6-9)15(13,14)10-3-1-2-4-10/h9-12H,1-8H2. The molecular weight excluding hydrogens is 212 g/mol. The fourth-order valence-electron chi connectivity index (χ4n) is 2.86. The summed E-state index contributed by atoms with van der Waals surface area (Å²) in [5.41, 5.74) is 0. The van der Waals surface area contributed by atoms with Gasteiger partial charge in [-0.05, 0) is 38.5 Å². The molecule has 0 heterocycles. The zero-order valence-corrected chi connectivity index (χ0v) is 9.88. The van der Waals surface area contributed by atoms with Gasteiger partial charge >= 0.3 is 0 Å². The lowest BCUT2D eigenvalue weighted by Gasteiger charge is -2.27. The van der Waals surface area contributed by atoms with Gasteiger partial charge in [0.25, 0.3) is 0 Å². The van der Waals surface area contributed by atoms with Crippen molar-refractivity contribution in [3.63, 3.8) is 0 Å². The van der Waals surface area contributed by atoms with Crippen molar-refractivity contribution in [3.8, 4) is 0 Å². The molecule has 0 atom stereocenters. The summed E-state index contributed by atoms with van der Waals surface area (Å²) in [6.07, 6.45) is 6.26. The fourth-order valence-corrected chi connectivity index (χ4v) is 5.33. The Morgan fingerprint density at radius 2 is 1.27 bits per heavy atom. The minimum Gasteiger partial charge on any atom is -0.393 e. The van der Waals surface area contributed by atoms with E-state index in [0.717, 1.165) is 25.7 Å². The Hall–Kier alpha value is -0.0900. The third kappa shape index (κ3) is 2.36. The van der Waals surface area contributed by atoms with E-state index in [1.54, 1.807) is 0 Å². The van der Waals surface area contributed by atoms with Gasteiger partial charge in [0.1, 0.15) is 0 Å². The minimum atomic E-state index is -2.90. The Bertz CT molecular complexity index is 296. The summed E-state index contributed by atoms with van der Waals surface area (Å²) in [6, 6.07) is 0. The average Bonchev–Trinajstić information content (AvgIpc) is 2.71. The molecule has 0 spiro atoms. The second-order valence-electron chi connectivity index (χ2n) is 4.93. The molecule has 2 fully saturated rings. The van der Waals surface area contributed by atoms with E-state index in [0.29, 0.717) is 25.7 Å². The van der Waals surface area contributed by atoms with Gasteiger partial charge < -0.3 is 5.11 Å². The number of hydrogen-bond donors (Lipinski definition) is 1. The molecule has 0 aromatic carbocycles. The summed E-state index contributed by atoms with van der Waals surface area (Å²) in [5.74, 6) is 0. The molecule has 1 N–H and O–H groups in total. The van der Waals surface area contributed by atoms with Crippen LogP contribution in [0.25, 0.3) is 0 Å². The highest BCUT2D eigenvalue weighted by molar-refractivity contribution is 7.92. The average molecular weight is 232 g/mol. The van der Waals surface area contributed by atoms with Crippen molar-refractivity contribution >= 4 is 9.84 Å². The van der Waals surface area contributed by atoms with Crippen LogP contribution in [0.3, 0.4) is 0 Å². The van der Waals surface area contributed by atoms with Gasteiger partial charge in [-0.2, -0.15) is 0 Å². The van der Waals surface area contributed by atoms with Crippen LogP contribution in [0.2, 0.25) is 0 Å². The van der Waals surface area contributed by atoms with Crippen molar-refractivity contribution in [3.05, 3.63) is 0 Å². The highest BCUT2D eigenvalue weighted by Gasteiger charge is 2.37. The van der Waals surface area contributed by atoms with Crippen molar-refractivity contribution < 1.29 is 13.5 Å². The monoisotopic (exact) mass is 232 g/mol. The molecule has 0 bridgehead atoms. The van der Waals surface area contributed by atoms with Crippen LogP contribution < -0.4 is 0 Å². The van der Waals surface area contributed by atoms with Crippen LogP contribution >= 0.6 is 0 Å². The summed E-state index contributed by atoms with van der Waals surface area (Å²) >= 11 is 0. The number of aliphatic hydroxyl groups is 1. The van der Waals surface area contributed by atoms with Crippen molar-refractivity contribution in [2.24, 2.45) is 0 Å². The van der Waals surface area contributed by atoms with Crippen LogP contribution in [0.4, 0.5) is 0 Å². The van der Waals surface area contributed by atoms with Gasteiger partial charge in [0.15, 0.2) is 9.84 Å². The third-order valence-electron chi connectivity index (χ3n) is 3.88. The van der Waals surface area contributed by atoms with Crippen molar-refractivity contribution in [1.82, 2.24) is 0 Å². The van der Waals surface area contributed by atoms with E-state index < -0.39 is 9.84 Å². The first-order chi connectivity index (χ1) is 7.10. The van der Waals surface area contributed by atoms with Gasteiger partial charge in [-0.1, -0.05) is 12.8 Å². The SMILES string of the molecule is O=S(=O)(C1CCCC1)C1CCC(O)CC1. The highest BCUT2D eigenvalue weighted by Crippen LogP contribution is 2.33. The summed E-state index contributed by atoms with van der Waals surface area (Å²) in [7, 11) is -2.90. The second kappa shape index (κ2) is 4.42. The van der Waals surface area contributed by atoms with E-state index in [2.05, 4.69) is 0 Å². The molecule has 3 nitrogen and oxygen atoms in total. The maximum absolute atomic E-state index is 12.2.